The zero-order chi connectivity index (χ0) is 12.1. The van der Waals surface area contributed by atoms with E-state index in [4.69, 9.17) is 0 Å². The second-order valence-electron chi connectivity index (χ2n) is 4.41. The van der Waals surface area contributed by atoms with Crippen LogP contribution in [0.1, 0.15) is 42.6 Å². The van der Waals surface area contributed by atoms with Gasteiger partial charge in [0.2, 0.25) is 0 Å². The van der Waals surface area contributed by atoms with E-state index in [0.29, 0.717) is 6.04 Å². The van der Waals surface area contributed by atoms with Crippen LogP contribution in [0.25, 0.3) is 0 Å². The van der Waals surface area contributed by atoms with Gasteiger partial charge in [0, 0.05) is 24.3 Å². The molecule has 0 heterocycles. The number of carbonyl (C=O) groups is 1. The lowest BCUT2D eigenvalue weighted by Gasteiger charge is -2.27. The van der Waals surface area contributed by atoms with Crippen molar-refractivity contribution in [3.05, 3.63) is 29.3 Å². The van der Waals surface area contributed by atoms with Crippen LogP contribution in [0.2, 0.25) is 0 Å². The summed E-state index contributed by atoms with van der Waals surface area (Å²) in [5, 5.41) is 0. The third-order valence-corrected chi connectivity index (χ3v) is 3.16. The number of aldehydes is 1. The Morgan fingerprint density at radius 1 is 1.44 bits per heavy atom. The molecular formula is C14H21NO. The molecule has 1 rings (SSSR count). The molecule has 1 atom stereocenters. The van der Waals surface area contributed by atoms with Crippen molar-refractivity contribution in [3.63, 3.8) is 0 Å². The SMILES string of the molecule is CCCC(C)N(C)c1ccc(C=O)c(C)c1. The Morgan fingerprint density at radius 3 is 2.62 bits per heavy atom. The smallest absolute Gasteiger partial charge is 0.150 e. The number of benzene rings is 1. The number of aryl methyl sites for hydroxylation is 1. The van der Waals surface area contributed by atoms with Gasteiger partial charge in [-0.2, -0.15) is 0 Å². The molecule has 0 radical (unpaired) electrons. The Morgan fingerprint density at radius 2 is 2.12 bits per heavy atom. The average Bonchev–Trinajstić information content (AvgIpc) is 2.28. The van der Waals surface area contributed by atoms with Crippen molar-refractivity contribution in [1.29, 1.82) is 0 Å². The van der Waals surface area contributed by atoms with Crippen molar-refractivity contribution in [2.75, 3.05) is 11.9 Å². The summed E-state index contributed by atoms with van der Waals surface area (Å²) in [6.45, 7) is 6.41. The van der Waals surface area contributed by atoms with Crippen molar-refractivity contribution in [1.82, 2.24) is 0 Å². The first-order valence-corrected chi connectivity index (χ1v) is 5.88. The number of hydrogen-bond donors (Lipinski definition) is 0. The van der Waals surface area contributed by atoms with Crippen LogP contribution >= 0.6 is 0 Å². The lowest BCUT2D eigenvalue weighted by atomic mass is 10.1. The maximum absolute atomic E-state index is 10.7. The molecule has 0 aliphatic rings. The number of anilines is 1. The van der Waals surface area contributed by atoms with E-state index in [1.165, 1.54) is 18.5 Å². The normalized spacial score (nSPS) is 12.2. The molecule has 0 spiro atoms. The molecule has 1 aromatic rings. The minimum absolute atomic E-state index is 0.534. The molecule has 0 aliphatic heterocycles. The van der Waals surface area contributed by atoms with Gasteiger partial charge >= 0.3 is 0 Å². The molecule has 0 N–H and O–H groups in total. The van der Waals surface area contributed by atoms with Gasteiger partial charge < -0.3 is 4.90 Å². The average molecular weight is 219 g/mol. The van der Waals surface area contributed by atoms with Crippen molar-refractivity contribution in [2.45, 2.75) is 39.7 Å². The third kappa shape index (κ3) is 2.84. The number of carbonyl (C=O) groups excluding carboxylic acids is 1. The van der Waals surface area contributed by atoms with Gasteiger partial charge in [-0.15, -0.1) is 0 Å². The molecule has 0 bridgehead atoms. The fourth-order valence-corrected chi connectivity index (χ4v) is 1.88. The van der Waals surface area contributed by atoms with E-state index in [0.717, 1.165) is 17.4 Å². The zero-order valence-corrected chi connectivity index (χ0v) is 10.7. The van der Waals surface area contributed by atoms with E-state index in [9.17, 15) is 4.79 Å². The minimum Gasteiger partial charge on any atom is -0.372 e. The second-order valence-corrected chi connectivity index (χ2v) is 4.41. The van der Waals surface area contributed by atoms with E-state index in [2.05, 4.69) is 31.9 Å². The zero-order valence-electron chi connectivity index (χ0n) is 10.7. The summed E-state index contributed by atoms with van der Waals surface area (Å²) in [7, 11) is 2.11. The van der Waals surface area contributed by atoms with Gasteiger partial charge in [0.25, 0.3) is 0 Å². The standard InChI is InChI=1S/C14H21NO/c1-5-6-12(3)15(4)14-8-7-13(10-16)11(2)9-14/h7-10,12H,5-6H2,1-4H3. The molecular weight excluding hydrogens is 198 g/mol. The van der Waals surface area contributed by atoms with Crippen molar-refractivity contribution in [2.24, 2.45) is 0 Å². The fraction of sp³-hybridized carbons (Fsp3) is 0.500. The van der Waals surface area contributed by atoms with Gasteiger partial charge in [-0.1, -0.05) is 13.3 Å². The lowest BCUT2D eigenvalue weighted by molar-refractivity contribution is 0.112. The van der Waals surface area contributed by atoms with Crippen LogP contribution in [0.15, 0.2) is 18.2 Å². The van der Waals surface area contributed by atoms with Crippen LogP contribution in [-0.2, 0) is 0 Å². The van der Waals surface area contributed by atoms with Crippen LogP contribution < -0.4 is 4.90 Å². The van der Waals surface area contributed by atoms with Crippen LogP contribution in [0, 0.1) is 6.92 Å². The Hall–Kier alpha value is -1.31. The fourth-order valence-electron chi connectivity index (χ4n) is 1.88. The van der Waals surface area contributed by atoms with Gasteiger partial charge in [-0.05, 0) is 44.0 Å². The quantitative estimate of drug-likeness (QED) is 0.707. The van der Waals surface area contributed by atoms with Gasteiger partial charge in [0.05, 0.1) is 0 Å². The van der Waals surface area contributed by atoms with Gasteiger partial charge in [-0.3, -0.25) is 4.79 Å². The maximum Gasteiger partial charge on any atom is 0.150 e. The highest BCUT2D eigenvalue weighted by molar-refractivity contribution is 5.78. The molecule has 88 valence electrons. The first-order valence-electron chi connectivity index (χ1n) is 5.88. The summed E-state index contributed by atoms with van der Waals surface area (Å²) >= 11 is 0. The van der Waals surface area contributed by atoms with Crippen LogP contribution in [0.4, 0.5) is 5.69 Å². The third-order valence-electron chi connectivity index (χ3n) is 3.16. The summed E-state index contributed by atoms with van der Waals surface area (Å²) < 4.78 is 0. The Labute approximate surface area is 98.3 Å². The van der Waals surface area contributed by atoms with Crippen LogP contribution in [-0.4, -0.2) is 19.4 Å². The molecule has 0 fully saturated rings. The number of hydrogen-bond acceptors (Lipinski definition) is 2. The van der Waals surface area contributed by atoms with E-state index in [1.54, 1.807) is 0 Å². The monoisotopic (exact) mass is 219 g/mol. The van der Waals surface area contributed by atoms with E-state index >= 15 is 0 Å². The van der Waals surface area contributed by atoms with Gasteiger partial charge in [0.1, 0.15) is 6.29 Å². The molecule has 2 heteroatoms. The van der Waals surface area contributed by atoms with E-state index < -0.39 is 0 Å². The summed E-state index contributed by atoms with van der Waals surface area (Å²) in [5.41, 5.74) is 3.01. The topological polar surface area (TPSA) is 20.3 Å². The Bertz CT molecular complexity index is 360. The minimum atomic E-state index is 0.534. The predicted molar refractivity (Wildman–Crippen MR) is 69.3 cm³/mol. The first-order chi connectivity index (χ1) is 7.60. The van der Waals surface area contributed by atoms with E-state index in [-0.39, 0.29) is 0 Å². The second kappa shape index (κ2) is 5.69. The molecule has 0 aliphatic carbocycles. The Kier molecular flexibility index (Phi) is 4.53. The highest BCUT2D eigenvalue weighted by atomic mass is 16.1. The van der Waals surface area contributed by atoms with Crippen molar-refractivity contribution in [3.8, 4) is 0 Å². The molecule has 2 nitrogen and oxygen atoms in total. The highest BCUT2D eigenvalue weighted by Crippen LogP contribution is 2.20. The van der Waals surface area contributed by atoms with Gasteiger partial charge in [-0.25, -0.2) is 0 Å². The first kappa shape index (κ1) is 12.8. The summed E-state index contributed by atoms with van der Waals surface area (Å²) in [4.78, 5) is 13.0. The molecule has 16 heavy (non-hydrogen) atoms. The molecule has 1 aromatic carbocycles. The summed E-state index contributed by atoms with van der Waals surface area (Å²) in [6, 6.07) is 6.53. The maximum atomic E-state index is 10.7. The number of nitrogens with zero attached hydrogens (tertiary/aromatic N) is 1. The number of rotatable bonds is 5. The predicted octanol–water partition coefficient (Wildman–Crippen LogP) is 3.43. The van der Waals surface area contributed by atoms with Crippen molar-refractivity contribution >= 4 is 12.0 Å². The molecule has 1 unspecified atom stereocenters. The molecule has 0 saturated heterocycles. The van der Waals surface area contributed by atoms with Crippen molar-refractivity contribution < 1.29 is 4.79 Å². The highest BCUT2D eigenvalue weighted by Gasteiger charge is 2.09. The van der Waals surface area contributed by atoms with Gasteiger partial charge in [0.15, 0.2) is 0 Å². The summed E-state index contributed by atoms with van der Waals surface area (Å²) in [5.74, 6) is 0. The van der Waals surface area contributed by atoms with E-state index in [1.807, 2.05) is 19.1 Å². The summed E-state index contributed by atoms with van der Waals surface area (Å²) in [6.07, 6.45) is 3.29. The lowest BCUT2D eigenvalue weighted by Crippen LogP contribution is -2.28. The molecule has 0 amide bonds. The molecule has 0 saturated carbocycles. The van der Waals surface area contributed by atoms with Crippen LogP contribution in [0.3, 0.4) is 0 Å². The molecule has 0 aromatic heterocycles. The Balaban J connectivity index is 2.88. The largest absolute Gasteiger partial charge is 0.372 e. The van der Waals surface area contributed by atoms with Crippen LogP contribution in [0.5, 0.6) is 0 Å².